The topological polar surface area (TPSA) is 56.5 Å². The SMILES string of the molecule is CCCCCCC(CCOCCOC)NN. The third kappa shape index (κ3) is 10.4. The minimum absolute atomic E-state index is 0.388. The molecule has 0 aromatic heterocycles. The highest BCUT2D eigenvalue weighted by molar-refractivity contribution is 4.63. The smallest absolute Gasteiger partial charge is 0.0700 e. The first-order valence-corrected chi connectivity index (χ1v) is 6.38. The number of nitrogens with one attached hydrogen (secondary N) is 1. The molecule has 4 heteroatoms. The van der Waals surface area contributed by atoms with Crippen LogP contribution in [0.1, 0.15) is 45.4 Å². The zero-order chi connectivity index (χ0) is 12.1. The number of hydrogen-bond donors (Lipinski definition) is 2. The third-order valence-corrected chi connectivity index (χ3v) is 2.68. The van der Waals surface area contributed by atoms with E-state index in [0.29, 0.717) is 19.3 Å². The second kappa shape index (κ2) is 12.9. The van der Waals surface area contributed by atoms with Crippen LogP contribution in [0.25, 0.3) is 0 Å². The zero-order valence-electron chi connectivity index (χ0n) is 10.8. The Morgan fingerprint density at radius 3 is 2.50 bits per heavy atom. The average Bonchev–Trinajstić information content (AvgIpc) is 2.31. The van der Waals surface area contributed by atoms with E-state index in [1.807, 2.05) is 0 Å². The maximum Gasteiger partial charge on any atom is 0.0700 e. The lowest BCUT2D eigenvalue weighted by atomic mass is 10.1. The molecular weight excluding hydrogens is 204 g/mol. The highest BCUT2D eigenvalue weighted by Gasteiger charge is 2.05. The maximum atomic E-state index is 5.50. The van der Waals surface area contributed by atoms with Gasteiger partial charge in [-0.3, -0.25) is 11.3 Å². The van der Waals surface area contributed by atoms with Crippen LogP contribution in [-0.4, -0.2) is 33.0 Å². The minimum atomic E-state index is 0.388. The Morgan fingerprint density at radius 1 is 1.06 bits per heavy atom. The summed E-state index contributed by atoms with van der Waals surface area (Å²) in [4.78, 5) is 0. The van der Waals surface area contributed by atoms with Gasteiger partial charge >= 0.3 is 0 Å². The van der Waals surface area contributed by atoms with Crippen molar-refractivity contribution in [3.05, 3.63) is 0 Å². The molecule has 0 aromatic rings. The summed E-state index contributed by atoms with van der Waals surface area (Å²) < 4.78 is 10.3. The van der Waals surface area contributed by atoms with Gasteiger partial charge in [0.2, 0.25) is 0 Å². The molecule has 4 nitrogen and oxygen atoms in total. The Morgan fingerprint density at radius 2 is 1.88 bits per heavy atom. The Balaban J connectivity index is 3.29. The lowest BCUT2D eigenvalue weighted by Crippen LogP contribution is -2.36. The summed E-state index contributed by atoms with van der Waals surface area (Å²) in [5.74, 6) is 5.50. The number of methoxy groups -OCH3 is 1. The molecule has 0 heterocycles. The number of hydrazine groups is 1. The summed E-state index contributed by atoms with van der Waals surface area (Å²) in [6.45, 7) is 4.31. The average molecular weight is 232 g/mol. The molecule has 0 bridgehead atoms. The van der Waals surface area contributed by atoms with Crippen LogP contribution in [0.2, 0.25) is 0 Å². The summed E-state index contributed by atoms with van der Waals surface area (Å²) in [5, 5.41) is 0. The van der Waals surface area contributed by atoms with Gasteiger partial charge in [-0.1, -0.05) is 32.6 Å². The molecule has 0 rings (SSSR count). The molecule has 16 heavy (non-hydrogen) atoms. The summed E-state index contributed by atoms with van der Waals surface area (Å²) >= 11 is 0. The van der Waals surface area contributed by atoms with Crippen molar-refractivity contribution in [3.63, 3.8) is 0 Å². The van der Waals surface area contributed by atoms with Gasteiger partial charge in [-0.25, -0.2) is 0 Å². The third-order valence-electron chi connectivity index (χ3n) is 2.68. The first-order valence-electron chi connectivity index (χ1n) is 6.38. The first kappa shape index (κ1) is 15.8. The van der Waals surface area contributed by atoms with Gasteiger partial charge in [0.1, 0.15) is 0 Å². The summed E-state index contributed by atoms with van der Waals surface area (Å²) in [5.41, 5.74) is 2.86. The van der Waals surface area contributed by atoms with Crippen LogP contribution in [0.15, 0.2) is 0 Å². The van der Waals surface area contributed by atoms with E-state index in [-0.39, 0.29) is 0 Å². The van der Waals surface area contributed by atoms with Gasteiger partial charge in [0.05, 0.1) is 13.2 Å². The number of ether oxygens (including phenoxy) is 2. The van der Waals surface area contributed by atoms with Crippen molar-refractivity contribution >= 4 is 0 Å². The maximum absolute atomic E-state index is 5.50. The Bertz CT molecular complexity index is 134. The van der Waals surface area contributed by atoms with E-state index in [9.17, 15) is 0 Å². The fraction of sp³-hybridized carbons (Fsp3) is 1.00. The molecule has 1 atom stereocenters. The molecule has 0 aliphatic carbocycles. The largest absolute Gasteiger partial charge is 0.382 e. The van der Waals surface area contributed by atoms with Gasteiger partial charge in [-0.05, 0) is 12.8 Å². The number of rotatable bonds is 12. The van der Waals surface area contributed by atoms with Crippen molar-refractivity contribution in [1.82, 2.24) is 5.43 Å². The molecule has 3 N–H and O–H groups in total. The van der Waals surface area contributed by atoms with Crippen molar-refractivity contribution < 1.29 is 9.47 Å². The predicted octanol–water partition coefficient (Wildman–Crippen LogP) is 1.84. The van der Waals surface area contributed by atoms with Crippen LogP contribution in [0.4, 0.5) is 0 Å². The number of nitrogens with two attached hydrogens (primary N) is 1. The molecule has 1 unspecified atom stereocenters. The molecule has 0 amide bonds. The van der Waals surface area contributed by atoms with Gasteiger partial charge in [0.25, 0.3) is 0 Å². The van der Waals surface area contributed by atoms with E-state index < -0.39 is 0 Å². The monoisotopic (exact) mass is 232 g/mol. The van der Waals surface area contributed by atoms with Gasteiger partial charge < -0.3 is 9.47 Å². The molecule has 0 aromatic carbocycles. The van der Waals surface area contributed by atoms with E-state index in [2.05, 4.69) is 12.3 Å². The molecule has 0 aliphatic rings. The van der Waals surface area contributed by atoms with Gasteiger partial charge in [-0.2, -0.15) is 0 Å². The van der Waals surface area contributed by atoms with Gasteiger partial charge in [-0.15, -0.1) is 0 Å². The zero-order valence-corrected chi connectivity index (χ0v) is 10.8. The second-order valence-corrected chi connectivity index (χ2v) is 4.11. The van der Waals surface area contributed by atoms with Crippen LogP contribution in [0, 0.1) is 0 Å². The lowest BCUT2D eigenvalue weighted by Gasteiger charge is -2.15. The normalized spacial score (nSPS) is 12.9. The molecular formula is C12H28N2O2. The van der Waals surface area contributed by atoms with Crippen molar-refractivity contribution in [1.29, 1.82) is 0 Å². The Hall–Kier alpha value is -0.160. The molecule has 0 saturated heterocycles. The van der Waals surface area contributed by atoms with Gasteiger partial charge in [0.15, 0.2) is 0 Å². The molecule has 0 spiro atoms. The lowest BCUT2D eigenvalue weighted by molar-refractivity contribution is 0.0653. The molecule has 0 radical (unpaired) electrons. The van der Waals surface area contributed by atoms with Crippen LogP contribution in [0.5, 0.6) is 0 Å². The fourth-order valence-corrected chi connectivity index (χ4v) is 1.60. The van der Waals surface area contributed by atoms with Crippen LogP contribution in [0.3, 0.4) is 0 Å². The number of hydrogen-bond acceptors (Lipinski definition) is 4. The minimum Gasteiger partial charge on any atom is -0.382 e. The number of unbranched alkanes of at least 4 members (excludes halogenated alkanes) is 3. The molecule has 98 valence electrons. The highest BCUT2D eigenvalue weighted by Crippen LogP contribution is 2.07. The summed E-state index contributed by atoms with van der Waals surface area (Å²) in [6.07, 6.45) is 7.28. The highest BCUT2D eigenvalue weighted by atomic mass is 16.5. The Kier molecular flexibility index (Phi) is 12.8. The summed E-state index contributed by atoms with van der Waals surface area (Å²) in [6, 6.07) is 0.388. The fourth-order valence-electron chi connectivity index (χ4n) is 1.60. The van der Waals surface area contributed by atoms with Crippen LogP contribution in [-0.2, 0) is 9.47 Å². The van der Waals surface area contributed by atoms with Crippen molar-refractivity contribution in [2.75, 3.05) is 26.9 Å². The van der Waals surface area contributed by atoms with Crippen molar-refractivity contribution in [2.45, 2.75) is 51.5 Å². The second-order valence-electron chi connectivity index (χ2n) is 4.11. The van der Waals surface area contributed by atoms with Crippen molar-refractivity contribution in [2.24, 2.45) is 5.84 Å². The summed E-state index contributed by atoms with van der Waals surface area (Å²) in [7, 11) is 1.68. The predicted molar refractivity (Wildman–Crippen MR) is 67.2 cm³/mol. The quantitative estimate of drug-likeness (QED) is 0.306. The van der Waals surface area contributed by atoms with E-state index in [1.165, 1.54) is 25.7 Å². The van der Waals surface area contributed by atoms with Crippen LogP contribution >= 0.6 is 0 Å². The van der Waals surface area contributed by atoms with E-state index in [0.717, 1.165) is 19.4 Å². The van der Waals surface area contributed by atoms with Crippen LogP contribution < -0.4 is 11.3 Å². The first-order chi connectivity index (χ1) is 7.85. The molecule has 0 saturated carbocycles. The van der Waals surface area contributed by atoms with Crippen molar-refractivity contribution in [3.8, 4) is 0 Å². The van der Waals surface area contributed by atoms with E-state index in [1.54, 1.807) is 7.11 Å². The van der Waals surface area contributed by atoms with E-state index in [4.69, 9.17) is 15.3 Å². The standard InChI is InChI=1S/C12H28N2O2/c1-3-4-5-6-7-12(14-13)8-9-16-11-10-15-2/h12,14H,3-11,13H2,1-2H3. The van der Waals surface area contributed by atoms with E-state index >= 15 is 0 Å². The van der Waals surface area contributed by atoms with Gasteiger partial charge in [0, 0.05) is 19.8 Å². The molecule has 0 fully saturated rings. The molecule has 0 aliphatic heterocycles. The Labute approximate surface area is 99.8 Å².